The number of fused-ring (bicyclic) bond motifs is 1. The van der Waals surface area contributed by atoms with Gasteiger partial charge >= 0.3 is 0 Å². The van der Waals surface area contributed by atoms with Crippen LogP contribution in [0, 0.1) is 0 Å². The average molecular weight is 429 g/mol. The minimum Gasteiger partial charge on any atom is -0.330 e. The van der Waals surface area contributed by atoms with Crippen molar-refractivity contribution in [2.75, 3.05) is 6.54 Å². The molecule has 5 nitrogen and oxygen atoms in total. The molecule has 0 saturated carbocycles. The molecule has 1 aliphatic rings. The van der Waals surface area contributed by atoms with E-state index in [2.05, 4.69) is 23.3 Å². The van der Waals surface area contributed by atoms with Crippen LogP contribution in [0.4, 0.5) is 0 Å². The van der Waals surface area contributed by atoms with E-state index in [4.69, 9.17) is 4.98 Å². The van der Waals surface area contributed by atoms with E-state index in [-0.39, 0.29) is 11.9 Å². The number of nitrogens with zero attached hydrogens (tertiary/aromatic N) is 4. The Morgan fingerprint density at radius 2 is 1.94 bits per heavy atom. The molecule has 1 saturated heterocycles. The highest BCUT2D eigenvalue weighted by Gasteiger charge is 2.29. The van der Waals surface area contributed by atoms with Gasteiger partial charge in [0, 0.05) is 24.4 Å². The second-order valence-corrected chi connectivity index (χ2v) is 8.92. The lowest BCUT2D eigenvalue weighted by Gasteiger charge is -2.33. The number of thiazole rings is 1. The molecule has 2 aromatic heterocycles. The minimum absolute atomic E-state index is 0.0414. The molecular formula is C25H24N4OS. The van der Waals surface area contributed by atoms with Crippen LogP contribution in [0.3, 0.4) is 0 Å². The predicted molar refractivity (Wildman–Crippen MR) is 125 cm³/mol. The fraction of sp³-hybridized carbons (Fsp3) is 0.240. The number of hydrogen-bond acceptors (Lipinski definition) is 4. The first-order valence-corrected chi connectivity index (χ1v) is 11.5. The highest BCUT2D eigenvalue weighted by Crippen LogP contribution is 2.35. The van der Waals surface area contributed by atoms with Gasteiger partial charge in [-0.2, -0.15) is 5.10 Å². The lowest BCUT2D eigenvalue weighted by molar-refractivity contribution is -0.129. The largest absolute Gasteiger partial charge is 0.330 e. The van der Waals surface area contributed by atoms with Gasteiger partial charge in [-0.05, 0) is 43.0 Å². The normalized spacial score (nSPS) is 16.9. The molecule has 0 bridgehead atoms. The zero-order valence-corrected chi connectivity index (χ0v) is 18.0. The number of rotatable bonds is 5. The van der Waals surface area contributed by atoms with Crippen molar-refractivity contribution >= 4 is 33.5 Å². The van der Waals surface area contributed by atoms with E-state index >= 15 is 0 Å². The van der Waals surface area contributed by atoms with Crippen LogP contribution in [0.25, 0.3) is 16.3 Å². The topological polar surface area (TPSA) is 51.0 Å². The molecule has 1 amide bonds. The fourth-order valence-corrected chi connectivity index (χ4v) is 5.19. The van der Waals surface area contributed by atoms with E-state index < -0.39 is 0 Å². The smallest absolute Gasteiger partial charge is 0.247 e. The van der Waals surface area contributed by atoms with Crippen LogP contribution in [0.5, 0.6) is 0 Å². The summed E-state index contributed by atoms with van der Waals surface area (Å²) in [6.07, 6.45) is 10.4. The second-order valence-electron chi connectivity index (χ2n) is 7.85. The quantitative estimate of drug-likeness (QED) is 0.405. The van der Waals surface area contributed by atoms with Crippen LogP contribution in [0.2, 0.25) is 0 Å². The van der Waals surface area contributed by atoms with E-state index in [9.17, 15) is 4.79 Å². The first-order valence-electron chi connectivity index (χ1n) is 10.7. The van der Waals surface area contributed by atoms with Crippen molar-refractivity contribution in [2.45, 2.75) is 31.8 Å². The molecule has 1 unspecified atom stereocenters. The molecule has 156 valence electrons. The third-order valence-electron chi connectivity index (χ3n) is 5.64. The Hall–Kier alpha value is -3.25. The summed E-state index contributed by atoms with van der Waals surface area (Å²) in [5, 5.41) is 5.46. The van der Waals surface area contributed by atoms with Gasteiger partial charge in [-0.1, -0.05) is 42.5 Å². The van der Waals surface area contributed by atoms with E-state index in [1.54, 1.807) is 23.6 Å². The Kier molecular flexibility index (Phi) is 5.63. The maximum absolute atomic E-state index is 13.1. The fourth-order valence-electron chi connectivity index (χ4n) is 4.07. The average Bonchev–Trinajstić information content (AvgIpc) is 3.45. The molecule has 6 heteroatoms. The number of carbonyl (C=O) groups is 1. The monoisotopic (exact) mass is 428 g/mol. The standard InChI is InChI=1S/C25H24N4OS/c30-24(14-13-20-16-26-28(18-20)17-19-8-2-1-3-9-19)29-15-7-6-11-22(29)25-27-21-10-4-5-12-23(21)31-25/h1-5,8-10,12-14,16,18,22H,6-7,11,15,17H2. The molecule has 0 radical (unpaired) electrons. The zero-order chi connectivity index (χ0) is 21.0. The molecule has 0 N–H and O–H groups in total. The van der Waals surface area contributed by atoms with Gasteiger partial charge in [-0.25, -0.2) is 4.98 Å². The summed E-state index contributed by atoms with van der Waals surface area (Å²) in [5.41, 5.74) is 3.14. The number of hydrogen-bond donors (Lipinski definition) is 0. The summed E-state index contributed by atoms with van der Waals surface area (Å²) in [6.45, 7) is 1.49. The maximum atomic E-state index is 13.1. The van der Waals surface area contributed by atoms with Crippen LogP contribution in [-0.2, 0) is 11.3 Å². The van der Waals surface area contributed by atoms with E-state index in [0.717, 1.165) is 41.9 Å². The van der Waals surface area contributed by atoms with Gasteiger partial charge in [0.25, 0.3) is 0 Å². The molecule has 5 rings (SSSR count). The highest BCUT2D eigenvalue weighted by molar-refractivity contribution is 7.18. The summed E-state index contributed by atoms with van der Waals surface area (Å²) >= 11 is 1.70. The molecule has 4 aromatic rings. The summed E-state index contributed by atoms with van der Waals surface area (Å²) in [4.78, 5) is 19.9. The van der Waals surface area contributed by atoms with E-state index in [0.29, 0.717) is 6.54 Å². The minimum atomic E-state index is 0.0414. The lowest BCUT2D eigenvalue weighted by Crippen LogP contribution is -2.37. The Morgan fingerprint density at radius 3 is 2.81 bits per heavy atom. The molecule has 31 heavy (non-hydrogen) atoms. The third-order valence-corrected chi connectivity index (χ3v) is 6.78. The van der Waals surface area contributed by atoms with Gasteiger partial charge in [-0.15, -0.1) is 11.3 Å². The van der Waals surface area contributed by atoms with Crippen molar-refractivity contribution in [3.8, 4) is 0 Å². The van der Waals surface area contributed by atoms with Crippen LogP contribution in [0.1, 0.15) is 41.4 Å². The summed E-state index contributed by atoms with van der Waals surface area (Å²) in [5.74, 6) is 0.0414. The molecule has 0 spiro atoms. The van der Waals surface area contributed by atoms with Crippen molar-refractivity contribution in [1.82, 2.24) is 19.7 Å². The predicted octanol–water partition coefficient (Wildman–Crippen LogP) is 5.31. The number of likely N-dealkylation sites (tertiary alicyclic amines) is 1. The van der Waals surface area contributed by atoms with Crippen molar-refractivity contribution in [1.29, 1.82) is 0 Å². The lowest BCUT2D eigenvalue weighted by atomic mass is 10.0. The van der Waals surface area contributed by atoms with E-state index in [1.807, 2.05) is 58.3 Å². The summed E-state index contributed by atoms with van der Waals surface area (Å²) < 4.78 is 3.07. The molecule has 2 aromatic carbocycles. The third kappa shape index (κ3) is 4.44. The number of carbonyl (C=O) groups excluding carboxylic acids is 1. The maximum Gasteiger partial charge on any atom is 0.247 e. The van der Waals surface area contributed by atoms with E-state index in [1.165, 1.54) is 10.3 Å². The summed E-state index contributed by atoms with van der Waals surface area (Å²) in [7, 11) is 0. The van der Waals surface area contributed by atoms with Crippen molar-refractivity contribution in [2.24, 2.45) is 0 Å². The molecule has 3 heterocycles. The first-order chi connectivity index (χ1) is 15.3. The Balaban J connectivity index is 1.30. The van der Waals surface area contributed by atoms with Crippen molar-refractivity contribution < 1.29 is 4.79 Å². The van der Waals surface area contributed by atoms with Crippen LogP contribution >= 0.6 is 11.3 Å². The van der Waals surface area contributed by atoms with Crippen LogP contribution in [-0.4, -0.2) is 32.1 Å². The number of benzene rings is 2. The number of piperidine rings is 1. The molecule has 1 atom stereocenters. The SMILES string of the molecule is O=C(C=Cc1cnn(Cc2ccccc2)c1)N1CCCCC1c1nc2ccccc2s1. The van der Waals surface area contributed by atoms with Gasteiger partial charge in [-0.3, -0.25) is 9.48 Å². The molecule has 1 fully saturated rings. The van der Waals surface area contributed by atoms with Crippen LogP contribution in [0.15, 0.2) is 73.1 Å². The Bertz CT molecular complexity index is 1180. The number of amides is 1. The Morgan fingerprint density at radius 1 is 1.10 bits per heavy atom. The highest BCUT2D eigenvalue weighted by atomic mass is 32.1. The Labute approximate surface area is 185 Å². The van der Waals surface area contributed by atoms with Gasteiger partial charge in [0.1, 0.15) is 5.01 Å². The second kappa shape index (κ2) is 8.86. The first kappa shape index (κ1) is 19.7. The summed E-state index contributed by atoms with van der Waals surface area (Å²) in [6, 6.07) is 18.5. The van der Waals surface area contributed by atoms with Crippen molar-refractivity contribution in [3.05, 3.63) is 89.2 Å². The van der Waals surface area contributed by atoms with Gasteiger partial charge in [0.05, 0.1) is 29.0 Å². The van der Waals surface area contributed by atoms with Gasteiger partial charge < -0.3 is 4.90 Å². The molecule has 0 aliphatic carbocycles. The zero-order valence-electron chi connectivity index (χ0n) is 17.2. The number of aromatic nitrogens is 3. The molecule has 1 aliphatic heterocycles. The van der Waals surface area contributed by atoms with Gasteiger partial charge in [0.2, 0.25) is 5.91 Å². The van der Waals surface area contributed by atoms with Crippen molar-refractivity contribution in [3.63, 3.8) is 0 Å². The number of para-hydroxylation sites is 1. The van der Waals surface area contributed by atoms with Crippen LogP contribution < -0.4 is 0 Å². The van der Waals surface area contributed by atoms with Gasteiger partial charge in [0.15, 0.2) is 0 Å². The molecular weight excluding hydrogens is 404 g/mol.